The number of anilines is 2. The molecule has 5 nitrogen and oxygen atoms in total. The normalized spacial score (nSPS) is 25.8. The van der Waals surface area contributed by atoms with E-state index in [1.165, 1.54) is 6.33 Å². The molecule has 2 N–H and O–H groups in total. The zero-order valence-corrected chi connectivity index (χ0v) is 9.81. The average molecular weight is 222 g/mol. The van der Waals surface area contributed by atoms with Crippen molar-refractivity contribution in [1.82, 2.24) is 9.97 Å². The van der Waals surface area contributed by atoms with Gasteiger partial charge in [-0.25, -0.2) is 9.97 Å². The minimum Gasteiger partial charge on any atom is -0.384 e. The topological polar surface area (TPSA) is 64.3 Å². The number of aromatic nitrogens is 2. The first-order chi connectivity index (χ1) is 7.63. The number of rotatable bonds is 2. The van der Waals surface area contributed by atoms with Gasteiger partial charge in [0.25, 0.3) is 0 Å². The van der Waals surface area contributed by atoms with E-state index < -0.39 is 0 Å². The first-order valence-electron chi connectivity index (χ1n) is 5.51. The van der Waals surface area contributed by atoms with Crippen LogP contribution in [-0.4, -0.2) is 35.8 Å². The summed E-state index contributed by atoms with van der Waals surface area (Å²) in [4.78, 5) is 10.3. The molecule has 0 bridgehead atoms. The summed E-state index contributed by atoms with van der Waals surface area (Å²) in [6.45, 7) is 3.97. The second kappa shape index (κ2) is 4.25. The van der Waals surface area contributed by atoms with E-state index in [-0.39, 0.29) is 5.60 Å². The second-order valence-corrected chi connectivity index (χ2v) is 4.48. The van der Waals surface area contributed by atoms with Gasteiger partial charge in [-0.1, -0.05) is 0 Å². The Morgan fingerprint density at radius 2 is 2.31 bits per heavy atom. The van der Waals surface area contributed by atoms with Crippen LogP contribution in [0.5, 0.6) is 0 Å². The lowest BCUT2D eigenvalue weighted by Gasteiger charge is -2.40. The monoisotopic (exact) mass is 222 g/mol. The third kappa shape index (κ3) is 2.24. The van der Waals surface area contributed by atoms with E-state index in [0.717, 1.165) is 31.7 Å². The fourth-order valence-corrected chi connectivity index (χ4v) is 2.10. The molecule has 16 heavy (non-hydrogen) atoms. The van der Waals surface area contributed by atoms with Crippen LogP contribution in [0.1, 0.15) is 19.8 Å². The molecule has 1 aliphatic rings. The van der Waals surface area contributed by atoms with Crippen LogP contribution >= 0.6 is 0 Å². The maximum absolute atomic E-state index is 5.66. The Kier molecular flexibility index (Phi) is 2.96. The molecule has 1 saturated heterocycles. The van der Waals surface area contributed by atoms with Crippen molar-refractivity contribution in [3.8, 4) is 0 Å². The van der Waals surface area contributed by atoms with Crippen molar-refractivity contribution < 1.29 is 4.74 Å². The Morgan fingerprint density at radius 1 is 1.50 bits per heavy atom. The molecule has 1 aromatic heterocycles. The van der Waals surface area contributed by atoms with Crippen LogP contribution < -0.4 is 10.6 Å². The van der Waals surface area contributed by atoms with E-state index in [0.29, 0.717) is 5.82 Å². The van der Waals surface area contributed by atoms with Crippen LogP contribution in [0.25, 0.3) is 0 Å². The van der Waals surface area contributed by atoms with Gasteiger partial charge < -0.3 is 15.4 Å². The summed E-state index contributed by atoms with van der Waals surface area (Å²) in [6.07, 6.45) is 3.69. The average Bonchev–Trinajstić information content (AvgIpc) is 2.29. The van der Waals surface area contributed by atoms with Crippen LogP contribution in [-0.2, 0) is 4.74 Å². The van der Waals surface area contributed by atoms with E-state index in [2.05, 4.69) is 21.8 Å². The molecule has 1 atom stereocenters. The standard InChI is InChI=1S/C11H18N4O/c1-11(16-2)4-3-5-15(7-11)10-6-9(12)13-8-14-10/h6,8H,3-5,7H2,1-2H3,(H2,12,13,14). The third-order valence-electron chi connectivity index (χ3n) is 3.15. The van der Waals surface area contributed by atoms with Gasteiger partial charge in [0.05, 0.1) is 5.60 Å². The number of methoxy groups -OCH3 is 1. The molecular formula is C11H18N4O. The molecule has 1 aliphatic heterocycles. The van der Waals surface area contributed by atoms with Gasteiger partial charge in [-0.2, -0.15) is 0 Å². The summed E-state index contributed by atoms with van der Waals surface area (Å²) < 4.78 is 5.54. The first kappa shape index (κ1) is 11.1. The summed E-state index contributed by atoms with van der Waals surface area (Å²) in [5, 5.41) is 0. The van der Waals surface area contributed by atoms with E-state index in [9.17, 15) is 0 Å². The zero-order chi connectivity index (χ0) is 11.6. The molecule has 5 heteroatoms. The smallest absolute Gasteiger partial charge is 0.134 e. The zero-order valence-electron chi connectivity index (χ0n) is 9.81. The van der Waals surface area contributed by atoms with Gasteiger partial charge in [0.1, 0.15) is 18.0 Å². The predicted molar refractivity (Wildman–Crippen MR) is 63.3 cm³/mol. The van der Waals surface area contributed by atoms with Gasteiger partial charge in [-0.15, -0.1) is 0 Å². The molecule has 0 saturated carbocycles. The molecular weight excluding hydrogens is 204 g/mol. The lowest BCUT2D eigenvalue weighted by molar-refractivity contribution is -0.00481. The van der Waals surface area contributed by atoms with Gasteiger partial charge in [0.15, 0.2) is 0 Å². The molecule has 2 rings (SSSR count). The predicted octanol–water partition coefficient (Wildman–Crippen LogP) is 1.06. The van der Waals surface area contributed by atoms with E-state index in [1.54, 1.807) is 13.2 Å². The number of nitrogens with zero attached hydrogens (tertiary/aromatic N) is 3. The Labute approximate surface area is 95.6 Å². The number of nitrogen functional groups attached to an aromatic ring is 1. The molecule has 1 unspecified atom stereocenters. The van der Waals surface area contributed by atoms with E-state index >= 15 is 0 Å². The highest BCUT2D eigenvalue weighted by atomic mass is 16.5. The van der Waals surface area contributed by atoms with Crippen LogP contribution in [0.4, 0.5) is 11.6 Å². The van der Waals surface area contributed by atoms with E-state index in [1.807, 2.05) is 0 Å². The Hall–Kier alpha value is -1.36. The van der Waals surface area contributed by atoms with Crippen molar-refractivity contribution in [3.63, 3.8) is 0 Å². The number of ether oxygens (including phenoxy) is 1. The van der Waals surface area contributed by atoms with Crippen molar-refractivity contribution >= 4 is 11.6 Å². The maximum Gasteiger partial charge on any atom is 0.134 e. The lowest BCUT2D eigenvalue weighted by atomic mass is 9.95. The van der Waals surface area contributed by atoms with Crippen molar-refractivity contribution in [2.24, 2.45) is 0 Å². The second-order valence-electron chi connectivity index (χ2n) is 4.48. The third-order valence-corrected chi connectivity index (χ3v) is 3.15. The number of hydrogen-bond acceptors (Lipinski definition) is 5. The highest BCUT2D eigenvalue weighted by Crippen LogP contribution is 2.27. The largest absolute Gasteiger partial charge is 0.384 e. The van der Waals surface area contributed by atoms with Crippen LogP contribution in [0, 0.1) is 0 Å². The molecule has 88 valence electrons. The molecule has 0 spiro atoms. The van der Waals surface area contributed by atoms with Crippen molar-refractivity contribution in [3.05, 3.63) is 12.4 Å². The van der Waals surface area contributed by atoms with Crippen molar-refractivity contribution in [1.29, 1.82) is 0 Å². The molecule has 1 fully saturated rings. The molecule has 0 aliphatic carbocycles. The van der Waals surface area contributed by atoms with Gasteiger partial charge in [-0.3, -0.25) is 0 Å². The van der Waals surface area contributed by atoms with Gasteiger partial charge in [-0.05, 0) is 19.8 Å². The van der Waals surface area contributed by atoms with Gasteiger partial charge in [0.2, 0.25) is 0 Å². The fourth-order valence-electron chi connectivity index (χ4n) is 2.10. The Morgan fingerprint density at radius 3 is 3.00 bits per heavy atom. The van der Waals surface area contributed by atoms with E-state index in [4.69, 9.17) is 10.5 Å². The van der Waals surface area contributed by atoms with Crippen molar-refractivity contribution in [2.75, 3.05) is 30.8 Å². The van der Waals surface area contributed by atoms with Crippen molar-refractivity contribution in [2.45, 2.75) is 25.4 Å². The maximum atomic E-state index is 5.66. The summed E-state index contributed by atoms with van der Waals surface area (Å²) >= 11 is 0. The minimum atomic E-state index is -0.0854. The van der Waals surface area contributed by atoms with Crippen LogP contribution in [0.15, 0.2) is 12.4 Å². The molecule has 0 aromatic carbocycles. The number of hydrogen-bond donors (Lipinski definition) is 1. The van der Waals surface area contributed by atoms with Crippen LogP contribution in [0.2, 0.25) is 0 Å². The molecule has 0 amide bonds. The summed E-state index contributed by atoms with van der Waals surface area (Å²) in [5.74, 6) is 1.39. The Bertz CT molecular complexity index is 371. The Balaban J connectivity index is 2.16. The fraction of sp³-hybridized carbons (Fsp3) is 0.636. The minimum absolute atomic E-state index is 0.0854. The number of nitrogens with two attached hydrogens (primary N) is 1. The molecule has 0 radical (unpaired) electrons. The highest BCUT2D eigenvalue weighted by molar-refractivity contribution is 5.46. The quantitative estimate of drug-likeness (QED) is 0.810. The summed E-state index contributed by atoms with van der Waals surface area (Å²) in [6, 6.07) is 1.81. The SMILES string of the molecule is COC1(C)CCCN(c2cc(N)ncn2)C1. The molecule has 2 heterocycles. The first-order valence-corrected chi connectivity index (χ1v) is 5.51. The number of piperidine rings is 1. The van der Waals surface area contributed by atoms with Gasteiger partial charge >= 0.3 is 0 Å². The summed E-state index contributed by atoms with van der Waals surface area (Å²) in [7, 11) is 1.76. The summed E-state index contributed by atoms with van der Waals surface area (Å²) in [5.41, 5.74) is 5.57. The van der Waals surface area contributed by atoms with Gasteiger partial charge in [0, 0.05) is 26.3 Å². The highest BCUT2D eigenvalue weighted by Gasteiger charge is 2.31. The molecule has 1 aromatic rings. The van der Waals surface area contributed by atoms with Crippen LogP contribution in [0.3, 0.4) is 0 Å². The lowest BCUT2D eigenvalue weighted by Crippen LogP contribution is -2.47.